The summed E-state index contributed by atoms with van der Waals surface area (Å²) < 4.78 is 11.0. The van der Waals surface area contributed by atoms with Gasteiger partial charge in [-0.15, -0.1) is 0 Å². The smallest absolute Gasteiger partial charge is 0.231 e. The first-order chi connectivity index (χ1) is 12.7. The number of aromatic nitrogens is 1. The molecular formula is C21H20N2O3. The van der Waals surface area contributed by atoms with E-state index in [9.17, 15) is 4.79 Å². The van der Waals surface area contributed by atoms with Crippen LogP contribution in [0.15, 0.2) is 42.6 Å². The number of ether oxygens (including phenoxy) is 2. The van der Waals surface area contributed by atoms with Crippen LogP contribution in [-0.2, 0) is 17.6 Å². The molecule has 0 bridgehead atoms. The minimum absolute atomic E-state index is 0.0333. The van der Waals surface area contributed by atoms with E-state index in [-0.39, 0.29) is 18.7 Å². The molecule has 3 aromatic rings. The van der Waals surface area contributed by atoms with Crippen LogP contribution in [0.5, 0.6) is 11.5 Å². The normalized spacial score (nSPS) is 18.2. The van der Waals surface area contributed by atoms with Gasteiger partial charge in [-0.3, -0.25) is 4.79 Å². The number of para-hydroxylation sites is 1. The third-order valence-electron chi connectivity index (χ3n) is 5.51. The van der Waals surface area contributed by atoms with Crippen LogP contribution < -0.4 is 9.47 Å². The number of fused-ring (bicyclic) bond motifs is 3. The lowest BCUT2D eigenvalue weighted by Gasteiger charge is -2.35. The van der Waals surface area contributed by atoms with Crippen LogP contribution in [0.2, 0.25) is 0 Å². The zero-order valence-corrected chi connectivity index (χ0v) is 14.6. The number of amides is 1. The van der Waals surface area contributed by atoms with Gasteiger partial charge in [0.1, 0.15) is 0 Å². The highest BCUT2D eigenvalue weighted by atomic mass is 16.7. The van der Waals surface area contributed by atoms with Gasteiger partial charge in [-0.25, -0.2) is 0 Å². The number of benzene rings is 2. The Morgan fingerprint density at radius 2 is 2.04 bits per heavy atom. The highest BCUT2D eigenvalue weighted by Gasteiger charge is 2.30. The average molecular weight is 348 g/mol. The standard InChI is InChI=1S/C21H20N2O3/c1-13-17-10-20-19(25-12-26-20)8-14(17)6-7-23(13)21(24)9-15-11-22-18-5-3-2-4-16(15)18/h2-5,8,10-11,13,22H,6-7,9,12H2,1H3. The Labute approximate surface area is 151 Å². The van der Waals surface area contributed by atoms with E-state index in [0.29, 0.717) is 6.42 Å². The monoisotopic (exact) mass is 348 g/mol. The Morgan fingerprint density at radius 3 is 2.92 bits per heavy atom. The van der Waals surface area contributed by atoms with Gasteiger partial charge in [0.2, 0.25) is 12.7 Å². The predicted octanol–water partition coefficient (Wildman–Crippen LogP) is 3.59. The number of carbonyl (C=O) groups is 1. The highest BCUT2D eigenvalue weighted by Crippen LogP contribution is 2.40. The molecule has 0 radical (unpaired) electrons. The van der Waals surface area contributed by atoms with Gasteiger partial charge in [0.25, 0.3) is 0 Å². The van der Waals surface area contributed by atoms with Crippen molar-refractivity contribution in [2.45, 2.75) is 25.8 Å². The van der Waals surface area contributed by atoms with Crippen LogP contribution >= 0.6 is 0 Å². The topological polar surface area (TPSA) is 54.6 Å². The summed E-state index contributed by atoms with van der Waals surface area (Å²) in [5, 5.41) is 1.12. The average Bonchev–Trinajstić information content (AvgIpc) is 3.27. The molecule has 3 heterocycles. The lowest BCUT2D eigenvalue weighted by molar-refractivity contribution is -0.133. The molecule has 0 saturated carbocycles. The van der Waals surface area contributed by atoms with Crippen molar-refractivity contribution < 1.29 is 14.3 Å². The third-order valence-corrected chi connectivity index (χ3v) is 5.51. The Kier molecular flexibility index (Phi) is 3.42. The summed E-state index contributed by atoms with van der Waals surface area (Å²) in [5.41, 5.74) is 4.53. The molecule has 2 aliphatic heterocycles. The first kappa shape index (κ1) is 15.3. The lowest BCUT2D eigenvalue weighted by atomic mass is 9.92. The fraction of sp³-hybridized carbons (Fsp3) is 0.286. The summed E-state index contributed by atoms with van der Waals surface area (Å²) in [6, 6.07) is 12.2. The summed E-state index contributed by atoms with van der Waals surface area (Å²) in [6.45, 7) is 3.10. The molecule has 5 heteroatoms. The Bertz CT molecular complexity index is 1010. The summed E-state index contributed by atoms with van der Waals surface area (Å²) in [4.78, 5) is 18.2. The van der Waals surface area contributed by atoms with E-state index < -0.39 is 0 Å². The minimum atomic E-state index is 0.0333. The first-order valence-electron chi connectivity index (χ1n) is 8.97. The summed E-state index contributed by atoms with van der Waals surface area (Å²) in [6.07, 6.45) is 3.20. The summed E-state index contributed by atoms with van der Waals surface area (Å²) in [7, 11) is 0. The molecule has 5 nitrogen and oxygen atoms in total. The van der Waals surface area contributed by atoms with Crippen LogP contribution in [0.4, 0.5) is 0 Å². The van der Waals surface area contributed by atoms with Crippen molar-refractivity contribution in [1.29, 1.82) is 0 Å². The van der Waals surface area contributed by atoms with E-state index in [1.807, 2.05) is 35.4 Å². The van der Waals surface area contributed by atoms with E-state index in [2.05, 4.69) is 24.0 Å². The largest absolute Gasteiger partial charge is 0.454 e. The number of hydrogen-bond acceptors (Lipinski definition) is 3. The van der Waals surface area contributed by atoms with Crippen molar-refractivity contribution >= 4 is 16.8 Å². The van der Waals surface area contributed by atoms with Crippen molar-refractivity contribution in [1.82, 2.24) is 9.88 Å². The highest BCUT2D eigenvalue weighted by molar-refractivity contribution is 5.89. The van der Waals surface area contributed by atoms with Crippen molar-refractivity contribution in [3.8, 4) is 11.5 Å². The number of nitrogens with zero attached hydrogens (tertiary/aromatic N) is 1. The molecule has 1 unspecified atom stereocenters. The van der Waals surface area contributed by atoms with E-state index in [1.54, 1.807) is 0 Å². The molecule has 2 aliphatic rings. The number of carbonyl (C=O) groups excluding carboxylic acids is 1. The van der Waals surface area contributed by atoms with Crippen LogP contribution in [0, 0.1) is 0 Å². The number of hydrogen-bond donors (Lipinski definition) is 1. The maximum Gasteiger partial charge on any atom is 0.231 e. The van der Waals surface area contributed by atoms with Gasteiger partial charge in [-0.2, -0.15) is 0 Å². The molecule has 1 N–H and O–H groups in total. The van der Waals surface area contributed by atoms with Crippen molar-refractivity contribution in [3.63, 3.8) is 0 Å². The minimum Gasteiger partial charge on any atom is -0.454 e. The Balaban J connectivity index is 1.41. The zero-order chi connectivity index (χ0) is 17.7. The summed E-state index contributed by atoms with van der Waals surface area (Å²) in [5.74, 6) is 1.75. The molecule has 0 aliphatic carbocycles. The Hall–Kier alpha value is -2.95. The third kappa shape index (κ3) is 2.35. The molecule has 132 valence electrons. The first-order valence-corrected chi connectivity index (χ1v) is 8.97. The second-order valence-corrected chi connectivity index (χ2v) is 6.95. The molecule has 0 saturated heterocycles. The molecule has 5 rings (SSSR count). The second kappa shape index (κ2) is 5.80. The zero-order valence-electron chi connectivity index (χ0n) is 14.6. The lowest BCUT2D eigenvalue weighted by Crippen LogP contribution is -2.39. The van der Waals surface area contributed by atoms with Gasteiger partial charge in [-0.1, -0.05) is 18.2 Å². The number of H-pyrrole nitrogens is 1. The number of aromatic amines is 1. The fourth-order valence-corrected chi connectivity index (χ4v) is 4.09. The molecule has 1 amide bonds. The molecule has 1 aromatic heterocycles. The van der Waals surface area contributed by atoms with E-state index in [0.717, 1.165) is 46.5 Å². The maximum absolute atomic E-state index is 13.0. The Morgan fingerprint density at radius 1 is 1.23 bits per heavy atom. The van der Waals surface area contributed by atoms with Crippen LogP contribution in [0.3, 0.4) is 0 Å². The van der Waals surface area contributed by atoms with Gasteiger partial charge in [0, 0.05) is 23.6 Å². The predicted molar refractivity (Wildman–Crippen MR) is 98.4 cm³/mol. The summed E-state index contributed by atoms with van der Waals surface area (Å²) >= 11 is 0. The van der Waals surface area contributed by atoms with Crippen LogP contribution in [0.1, 0.15) is 29.7 Å². The van der Waals surface area contributed by atoms with Crippen molar-refractivity contribution in [3.05, 3.63) is 59.3 Å². The van der Waals surface area contributed by atoms with Gasteiger partial charge in [0.15, 0.2) is 11.5 Å². The number of nitrogens with one attached hydrogen (secondary N) is 1. The van der Waals surface area contributed by atoms with E-state index in [4.69, 9.17) is 9.47 Å². The van der Waals surface area contributed by atoms with Gasteiger partial charge in [-0.05, 0) is 48.2 Å². The van der Waals surface area contributed by atoms with Gasteiger partial charge in [0.05, 0.1) is 12.5 Å². The van der Waals surface area contributed by atoms with E-state index in [1.165, 1.54) is 5.56 Å². The van der Waals surface area contributed by atoms with Crippen LogP contribution in [-0.4, -0.2) is 29.1 Å². The second-order valence-electron chi connectivity index (χ2n) is 6.95. The molecule has 0 fully saturated rings. The molecule has 0 spiro atoms. The fourth-order valence-electron chi connectivity index (χ4n) is 4.09. The maximum atomic E-state index is 13.0. The van der Waals surface area contributed by atoms with E-state index >= 15 is 0 Å². The SMILES string of the molecule is CC1c2cc3c(cc2CCN1C(=O)Cc1c[nH]c2ccccc12)OCO3. The molecule has 26 heavy (non-hydrogen) atoms. The number of rotatable bonds is 2. The quantitative estimate of drug-likeness (QED) is 0.770. The molecular weight excluding hydrogens is 328 g/mol. The van der Waals surface area contributed by atoms with Gasteiger partial charge < -0.3 is 19.4 Å². The van der Waals surface area contributed by atoms with Gasteiger partial charge >= 0.3 is 0 Å². The molecule has 1 atom stereocenters. The molecule has 2 aromatic carbocycles. The van der Waals surface area contributed by atoms with Crippen LogP contribution in [0.25, 0.3) is 10.9 Å². The van der Waals surface area contributed by atoms with Crippen molar-refractivity contribution in [2.75, 3.05) is 13.3 Å². The van der Waals surface area contributed by atoms with Crippen molar-refractivity contribution in [2.24, 2.45) is 0 Å².